The number of thiophene rings is 2. The second-order valence-electron chi connectivity index (χ2n) is 5.85. The van der Waals surface area contributed by atoms with Crippen LogP contribution in [0.1, 0.15) is 31.9 Å². The molecular weight excluding hydrogens is 386 g/mol. The Bertz CT molecular complexity index is 962. The molecule has 3 aromatic rings. The van der Waals surface area contributed by atoms with Gasteiger partial charge in [-0.15, -0.1) is 22.7 Å². The molecule has 3 rings (SSSR count). The molecule has 0 aliphatic heterocycles. The van der Waals surface area contributed by atoms with Crippen LogP contribution in [0.25, 0.3) is 10.2 Å². The van der Waals surface area contributed by atoms with Crippen molar-refractivity contribution in [1.82, 2.24) is 15.3 Å². The van der Waals surface area contributed by atoms with Gasteiger partial charge in [0, 0.05) is 28.6 Å². The summed E-state index contributed by atoms with van der Waals surface area (Å²) < 4.78 is 0. The average molecular weight is 406 g/mol. The highest BCUT2D eigenvalue weighted by molar-refractivity contribution is 8.00. The lowest BCUT2D eigenvalue weighted by molar-refractivity contribution is -0.118. The van der Waals surface area contributed by atoms with Crippen molar-refractivity contribution in [2.75, 3.05) is 12.3 Å². The summed E-state index contributed by atoms with van der Waals surface area (Å²) in [5.74, 6) is 0.415. The van der Waals surface area contributed by atoms with Gasteiger partial charge in [-0.25, -0.2) is 9.97 Å². The molecule has 0 spiro atoms. The normalized spacial score (nSPS) is 11.0. The number of amides is 1. The number of carbonyl (C=O) groups excluding carboxylic acids is 2. The molecule has 5 nitrogen and oxygen atoms in total. The molecule has 0 saturated heterocycles. The predicted octanol–water partition coefficient (Wildman–Crippen LogP) is 4.02. The molecule has 8 heteroatoms. The van der Waals surface area contributed by atoms with Crippen molar-refractivity contribution < 1.29 is 9.59 Å². The fourth-order valence-corrected chi connectivity index (χ4v) is 5.53. The van der Waals surface area contributed by atoms with Crippen molar-refractivity contribution in [3.63, 3.8) is 0 Å². The standard InChI is InChI=1S/C18H19N3O2S3/c1-10-11(2)25-18-16(10)17(20-9-21-18)24-8-14(23)15-5-4-13(26-15)6-7-19-12(3)22/h4-5,9H,6-8H2,1-3H3,(H,19,22). The number of fused-ring (bicyclic) bond motifs is 1. The maximum absolute atomic E-state index is 12.5. The van der Waals surface area contributed by atoms with Gasteiger partial charge >= 0.3 is 0 Å². The van der Waals surface area contributed by atoms with Crippen molar-refractivity contribution >= 4 is 56.3 Å². The number of hydrogen-bond donors (Lipinski definition) is 1. The molecule has 136 valence electrons. The summed E-state index contributed by atoms with van der Waals surface area (Å²) in [6.45, 7) is 6.24. The lowest BCUT2D eigenvalue weighted by Crippen LogP contribution is -2.22. The van der Waals surface area contributed by atoms with Crippen LogP contribution in [0.4, 0.5) is 0 Å². The molecule has 26 heavy (non-hydrogen) atoms. The van der Waals surface area contributed by atoms with Crippen molar-refractivity contribution in [3.05, 3.63) is 38.7 Å². The van der Waals surface area contributed by atoms with E-state index in [1.165, 1.54) is 40.5 Å². The lowest BCUT2D eigenvalue weighted by Gasteiger charge is -2.02. The lowest BCUT2D eigenvalue weighted by atomic mass is 10.2. The molecule has 0 atom stereocenters. The Morgan fingerprint density at radius 1 is 1.19 bits per heavy atom. The molecule has 0 radical (unpaired) electrons. The van der Waals surface area contributed by atoms with Crippen LogP contribution in [-0.4, -0.2) is 34.0 Å². The second-order valence-corrected chi connectivity index (χ2v) is 9.19. The Hall–Kier alpha value is -1.77. The minimum atomic E-state index is -0.0376. The monoisotopic (exact) mass is 405 g/mol. The highest BCUT2D eigenvalue weighted by atomic mass is 32.2. The number of thioether (sulfide) groups is 1. The molecule has 0 saturated carbocycles. The molecule has 1 N–H and O–H groups in total. The van der Waals surface area contributed by atoms with Crippen LogP contribution in [-0.2, 0) is 11.2 Å². The van der Waals surface area contributed by atoms with Crippen LogP contribution in [0.15, 0.2) is 23.5 Å². The fraction of sp³-hybridized carbons (Fsp3) is 0.333. The van der Waals surface area contributed by atoms with E-state index in [0.29, 0.717) is 12.3 Å². The summed E-state index contributed by atoms with van der Waals surface area (Å²) in [7, 11) is 0. The molecule has 3 aromatic heterocycles. The van der Waals surface area contributed by atoms with Gasteiger partial charge in [-0.1, -0.05) is 11.8 Å². The van der Waals surface area contributed by atoms with E-state index in [2.05, 4.69) is 29.1 Å². The number of aryl methyl sites for hydroxylation is 2. The van der Waals surface area contributed by atoms with Crippen LogP contribution in [0, 0.1) is 13.8 Å². The number of rotatable bonds is 7. The van der Waals surface area contributed by atoms with Gasteiger partial charge in [-0.05, 0) is 38.0 Å². The molecular formula is C18H19N3O2S3. The first-order valence-corrected chi connectivity index (χ1v) is 10.8. The van der Waals surface area contributed by atoms with Gasteiger partial charge in [0.25, 0.3) is 0 Å². The third kappa shape index (κ3) is 4.31. The number of carbonyl (C=O) groups is 2. The van der Waals surface area contributed by atoms with E-state index in [4.69, 9.17) is 0 Å². The molecule has 0 aromatic carbocycles. The average Bonchev–Trinajstić information content (AvgIpc) is 3.18. The summed E-state index contributed by atoms with van der Waals surface area (Å²) in [4.78, 5) is 36.2. The van der Waals surface area contributed by atoms with E-state index >= 15 is 0 Å². The SMILES string of the molecule is CC(=O)NCCc1ccc(C(=O)CSc2ncnc3sc(C)c(C)c23)s1. The summed E-state index contributed by atoms with van der Waals surface area (Å²) >= 11 is 4.62. The highest BCUT2D eigenvalue weighted by Gasteiger charge is 2.15. The van der Waals surface area contributed by atoms with Crippen molar-refractivity contribution in [2.24, 2.45) is 0 Å². The number of nitrogens with one attached hydrogen (secondary N) is 1. The van der Waals surface area contributed by atoms with Crippen molar-refractivity contribution in [2.45, 2.75) is 32.2 Å². The van der Waals surface area contributed by atoms with Gasteiger partial charge in [-0.3, -0.25) is 9.59 Å². The van der Waals surface area contributed by atoms with Gasteiger partial charge in [0.05, 0.1) is 10.6 Å². The van der Waals surface area contributed by atoms with Gasteiger partial charge in [-0.2, -0.15) is 0 Å². The molecule has 0 bridgehead atoms. The van der Waals surface area contributed by atoms with Gasteiger partial charge in [0.1, 0.15) is 16.2 Å². The van der Waals surface area contributed by atoms with Gasteiger partial charge in [0.2, 0.25) is 5.91 Å². The number of hydrogen-bond acceptors (Lipinski definition) is 7. The van der Waals surface area contributed by atoms with E-state index in [-0.39, 0.29) is 11.7 Å². The molecule has 0 aliphatic carbocycles. The molecule has 0 unspecified atom stereocenters. The molecule has 0 aliphatic rings. The minimum absolute atomic E-state index is 0.0376. The van der Waals surface area contributed by atoms with E-state index in [0.717, 1.165) is 31.4 Å². The Labute approximate surface area is 164 Å². The summed E-state index contributed by atoms with van der Waals surface area (Å²) in [5, 5.41) is 4.70. The maximum Gasteiger partial charge on any atom is 0.216 e. The van der Waals surface area contributed by atoms with E-state index in [1.807, 2.05) is 12.1 Å². The predicted molar refractivity (Wildman–Crippen MR) is 109 cm³/mol. The first-order chi connectivity index (χ1) is 12.5. The molecule has 0 fully saturated rings. The van der Waals surface area contributed by atoms with E-state index in [1.54, 1.807) is 17.7 Å². The Balaban J connectivity index is 1.64. The molecule has 3 heterocycles. The Morgan fingerprint density at radius 2 is 2.00 bits per heavy atom. The first-order valence-electron chi connectivity index (χ1n) is 8.15. The zero-order valence-corrected chi connectivity index (χ0v) is 17.2. The van der Waals surface area contributed by atoms with Crippen molar-refractivity contribution in [1.29, 1.82) is 0 Å². The Kier molecular flexibility index (Phi) is 6.05. The number of nitrogens with zero attached hydrogens (tertiary/aromatic N) is 2. The maximum atomic E-state index is 12.5. The van der Waals surface area contributed by atoms with Crippen LogP contribution < -0.4 is 5.32 Å². The number of ketones is 1. The number of Topliss-reactive ketones (excluding diaryl/α,β-unsaturated/α-hetero) is 1. The van der Waals surface area contributed by atoms with Gasteiger partial charge < -0.3 is 5.32 Å². The smallest absolute Gasteiger partial charge is 0.216 e. The topological polar surface area (TPSA) is 72.0 Å². The second kappa shape index (κ2) is 8.28. The fourth-order valence-electron chi connectivity index (χ4n) is 2.49. The van der Waals surface area contributed by atoms with Crippen LogP contribution in [0.5, 0.6) is 0 Å². The zero-order chi connectivity index (χ0) is 18.7. The quantitative estimate of drug-likeness (QED) is 0.365. The molecule has 1 amide bonds. The third-order valence-electron chi connectivity index (χ3n) is 3.95. The zero-order valence-electron chi connectivity index (χ0n) is 14.8. The highest BCUT2D eigenvalue weighted by Crippen LogP contribution is 2.34. The van der Waals surface area contributed by atoms with Crippen molar-refractivity contribution in [3.8, 4) is 0 Å². The summed E-state index contributed by atoms with van der Waals surface area (Å²) in [6.07, 6.45) is 2.31. The van der Waals surface area contributed by atoms with Gasteiger partial charge in [0.15, 0.2) is 5.78 Å². The largest absolute Gasteiger partial charge is 0.356 e. The first kappa shape index (κ1) is 19.0. The summed E-state index contributed by atoms with van der Waals surface area (Å²) in [6, 6.07) is 3.83. The summed E-state index contributed by atoms with van der Waals surface area (Å²) in [5.41, 5.74) is 1.19. The third-order valence-corrected chi connectivity index (χ3v) is 7.24. The van der Waals surface area contributed by atoms with Crippen LogP contribution >= 0.6 is 34.4 Å². The Morgan fingerprint density at radius 3 is 2.77 bits per heavy atom. The van der Waals surface area contributed by atoms with E-state index < -0.39 is 0 Å². The number of aromatic nitrogens is 2. The minimum Gasteiger partial charge on any atom is -0.356 e. The van der Waals surface area contributed by atoms with Crippen LogP contribution in [0.2, 0.25) is 0 Å². The van der Waals surface area contributed by atoms with E-state index in [9.17, 15) is 9.59 Å². The van der Waals surface area contributed by atoms with Crippen LogP contribution in [0.3, 0.4) is 0 Å².